The Morgan fingerprint density at radius 1 is 1.10 bits per heavy atom. The molecule has 20 heavy (non-hydrogen) atoms. The normalized spacial score (nSPS) is 12.4. The van der Waals surface area contributed by atoms with E-state index in [-0.39, 0.29) is 5.76 Å². The molecule has 1 aromatic carbocycles. The Kier molecular flexibility index (Phi) is 4.25. The summed E-state index contributed by atoms with van der Waals surface area (Å²) in [5.74, 6) is 0.289. The number of methoxy groups -OCH3 is 1. The predicted molar refractivity (Wildman–Crippen MR) is 74.6 cm³/mol. The van der Waals surface area contributed by atoms with E-state index in [1.165, 1.54) is 18.7 Å². The first-order valence-electron chi connectivity index (χ1n) is 6.49. The standard InChI is InChI=1S/C16H18O4/c1-10(2)11-4-6-12(7-5-11)15(17)13-8-9-14(20-13)16(18)19-3/h4-10,15,17H,1-3H3. The second-order valence-electron chi connectivity index (χ2n) is 4.92. The highest BCUT2D eigenvalue weighted by atomic mass is 16.5. The number of rotatable bonds is 4. The second-order valence-corrected chi connectivity index (χ2v) is 4.92. The summed E-state index contributed by atoms with van der Waals surface area (Å²) in [5.41, 5.74) is 1.93. The number of carbonyl (C=O) groups is 1. The van der Waals surface area contributed by atoms with Crippen LogP contribution < -0.4 is 0 Å². The molecule has 0 bridgehead atoms. The van der Waals surface area contributed by atoms with E-state index in [2.05, 4.69) is 18.6 Å². The largest absolute Gasteiger partial charge is 0.463 e. The molecule has 1 aromatic heterocycles. The summed E-state index contributed by atoms with van der Waals surface area (Å²) >= 11 is 0. The predicted octanol–water partition coefficient (Wildman–Crippen LogP) is 3.27. The first kappa shape index (κ1) is 14.3. The third-order valence-corrected chi connectivity index (χ3v) is 3.20. The number of hydrogen-bond acceptors (Lipinski definition) is 4. The van der Waals surface area contributed by atoms with Crippen molar-refractivity contribution in [3.8, 4) is 0 Å². The zero-order valence-electron chi connectivity index (χ0n) is 11.8. The first-order chi connectivity index (χ1) is 9.52. The van der Waals surface area contributed by atoms with Crippen LogP contribution in [0.2, 0.25) is 0 Å². The fourth-order valence-corrected chi connectivity index (χ4v) is 1.94. The van der Waals surface area contributed by atoms with Gasteiger partial charge in [-0.15, -0.1) is 0 Å². The van der Waals surface area contributed by atoms with Crippen LogP contribution in [0.3, 0.4) is 0 Å². The summed E-state index contributed by atoms with van der Waals surface area (Å²) in [6.07, 6.45) is -0.894. The third-order valence-electron chi connectivity index (χ3n) is 3.20. The minimum atomic E-state index is -0.894. The molecular weight excluding hydrogens is 256 g/mol. The van der Waals surface area contributed by atoms with Crippen molar-refractivity contribution < 1.29 is 19.1 Å². The van der Waals surface area contributed by atoms with Gasteiger partial charge in [-0.05, 0) is 29.2 Å². The second kappa shape index (κ2) is 5.92. The Bertz CT molecular complexity index is 581. The molecule has 0 amide bonds. The number of aliphatic hydroxyl groups excluding tert-OH is 1. The summed E-state index contributed by atoms with van der Waals surface area (Å²) in [7, 11) is 1.28. The Balaban J connectivity index is 2.20. The zero-order chi connectivity index (χ0) is 14.7. The minimum Gasteiger partial charge on any atom is -0.463 e. The number of hydrogen-bond donors (Lipinski definition) is 1. The molecule has 0 saturated carbocycles. The van der Waals surface area contributed by atoms with Crippen LogP contribution in [-0.4, -0.2) is 18.2 Å². The van der Waals surface area contributed by atoms with Crippen molar-refractivity contribution >= 4 is 5.97 Å². The molecule has 2 aromatic rings. The number of furan rings is 1. The summed E-state index contributed by atoms with van der Waals surface area (Å²) in [6.45, 7) is 4.22. The zero-order valence-corrected chi connectivity index (χ0v) is 11.8. The molecule has 1 heterocycles. The summed E-state index contributed by atoms with van der Waals surface area (Å²) in [5, 5.41) is 10.2. The molecular formula is C16H18O4. The number of esters is 1. The Hall–Kier alpha value is -2.07. The quantitative estimate of drug-likeness (QED) is 0.869. The van der Waals surface area contributed by atoms with Crippen molar-refractivity contribution in [3.63, 3.8) is 0 Å². The molecule has 0 saturated heterocycles. The lowest BCUT2D eigenvalue weighted by atomic mass is 9.99. The maximum atomic E-state index is 11.3. The molecule has 2 rings (SSSR count). The fourth-order valence-electron chi connectivity index (χ4n) is 1.94. The lowest BCUT2D eigenvalue weighted by Gasteiger charge is -2.10. The highest BCUT2D eigenvalue weighted by Gasteiger charge is 2.18. The Morgan fingerprint density at radius 3 is 2.25 bits per heavy atom. The highest BCUT2D eigenvalue weighted by molar-refractivity contribution is 5.86. The van der Waals surface area contributed by atoms with E-state index in [0.717, 1.165) is 5.56 Å². The lowest BCUT2D eigenvalue weighted by Crippen LogP contribution is -2.00. The van der Waals surface area contributed by atoms with Crippen LogP contribution in [0.1, 0.15) is 53.3 Å². The number of benzene rings is 1. The smallest absolute Gasteiger partial charge is 0.373 e. The molecule has 0 aliphatic carbocycles. The van der Waals surface area contributed by atoms with Gasteiger partial charge in [0, 0.05) is 0 Å². The lowest BCUT2D eigenvalue weighted by molar-refractivity contribution is 0.0558. The van der Waals surface area contributed by atoms with E-state index in [1.807, 2.05) is 24.3 Å². The van der Waals surface area contributed by atoms with Crippen molar-refractivity contribution in [2.45, 2.75) is 25.9 Å². The molecule has 106 valence electrons. The van der Waals surface area contributed by atoms with Gasteiger partial charge in [0.2, 0.25) is 5.76 Å². The number of carbonyl (C=O) groups excluding carboxylic acids is 1. The van der Waals surface area contributed by atoms with Gasteiger partial charge in [-0.1, -0.05) is 38.1 Å². The Labute approximate surface area is 118 Å². The summed E-state index contributed by atoms with van der Waals surface area (Å²) in [4.78, 5) is 11.3. The molecule has 0 aliphatic rings. The molecule has 1 N–H and O–H groups in total. The van der Waals surface area contributed by atoms with Crippen LogP contribution in [-0.2, 0) is 4.74 Å². The van der Waals surface area contributed by atoms with Gasteiger partial charge in [-0.2, -0.15) is 0 Å². The van der Waals surface area contributed by atoms with Gasteiger partial charge in [0.15, 0.2) is 0 Å². The molecule has 1 unspecified atom stereocenters. The monoisotopic (exact) mass is 274 g/mol. The maximum Gasteiger partial charge on any atom is 0.373 e. The van der Waals surface area contributed by atoms with E-state index in [0.29, 0.717) is 11.7 Å². The molecule has 0 radical (unpaired) electrons. The van der Waals surface area contributed by atoms with Crippen LogP contribution >= 0.6 is 0 Å². The average molecular weight is 274 g/mol. The van der Waals surface area contributed by atoms with Crippen molar-refractivity contribution in [2.24, 2.45) is 0 Å². The van der Waals surface area contributed by atoms with Gasteiger partial charge in [0.05, 0.1) is 7.11 Å². The molecule has 0 spiro atoms. The van der Waals surface area contributed by atoms with Gasteiger partial charge < -0.3 is 14.3 Å². The Morgan fingerprint density at radius 2 is 1.70 bits per heavy atom. The molecule has 0 aliphatic heterocycles. The van der Waals surface area contributed by atoms with Gasteiger partial charge in [0.1, 0.15) is 11.9 Å². The summed E-state index contributed by atoms with van der Waals surface area (Å²) in [6, 6.07) is 10.8. The molecule has 1 atom stereocenters. The van der Waals surface area contributed by atoms with Gasteiger partial charge in [-0.3, -0.25) is 0 Å². The summed E-state index contributed by atoms with van der Waals surface area (Å²) < 4.78 is 9.87. The van der Waals surface area contributed by atoms with Gasteiger partial charge in [-0.25, -0.2) is 4.79 Å². The highest BCUT2D eigenvalue weighted by Crippen LogP contribution is 2.25. The van der Waals surface area contributed by atoms with E-state index in [9.17, 15) is 9.90 Å². The minimum absolute atomic E-state index is 0.0837. The number of aliphatic hydroxyl groups is 1. The maximum absolute atomic E-state index is 11.3. The van der Waals surface area contributed by atoms with Crippen molar-refractivity contribution in [3.05, 3.63) is 59.0 Å². The van der Waals surface area contributed by atoms with Crippen LogP contribution in [0.15, 0.2) is 40.8 Å². The fraction of sp³-hybridized carbons (Fsp3) is 0.312. The molecule has 0 fully saturated rings. The van der Waals surface area contributed by atoms with Gasteiger partial charge in [0.25, 0.3) is 0 Å². The van der Waals surface area contributed by atoms with Crippen LogP contribution in [0, 0.1) is 0 Å². The average Bonchev–Trinajstić information content (AvgIpc) is 2.95. The van der Waals surface area contributed by atoms with Crippen molar-refractivity contribution in [1.82, 2.24) is 0 Å². The topological polar surface area (TPSA) is 59.7 Å². The van der Waals surface area contributed by atoms with Crippen LogP contribution in [0.25, 0.3) is 0 Å². The SMILES string of the molecule is COC(=O)c1ccc(C(O)c2ccc(C(C)C)cc2)o1. The van der Waals surface area contributed by atoms with Crippen molar-refractivity contribution in [1.29, 1.82) is 0 Å². The van der Waals surface area contributed by atoms with E-state index >= 15 is 0 Å². The van der Waals surface area contributed by atoms with Gasteiger partial charge >= 0.3 is 5.97 Å². The van der Waals surface area contributed by atoms with E-state index in [4.69, 9.17) is 4.42 Å². The van der Waals surface area contributed by atoms with Crippen LogP contribution in [0.5, 0.6) is 0 Å². The molecule has 4 nitrogen and oxygen atoms in total. The van der Waals surface area contributed by atoms with E-state index in [1.54, 1.807) is 6.07 Å². The third kappa shape index (κ3) is 2.91. The van der Waals surface area contributed by atoms with E-state index < -0.39 is 12.1 Å². The van der Waals surface area contributed by atoms with Crippen molar-refractivity contribution in [2.75, 3.05) is 7.11 Å². The van der Waals surface area contributed by atoms with Crippen LogP contribution in [0.4, 0.5) is 0 Å². The first-order valence-corrected chi connectivity index (χ1v) is 6.49. The molecule has 4 heteroatoms. The number of ether oxygens (including phenoxy) is 1.